The molecule has 10 atom stereocenters. The fourth-order valence-corrected chi connectivity index (χ4v) is 9.45. The molecule has 4 saturated carbocycles. The van der Waals surface area contributed by atoms with Gasteiger partial charge in [-0.3, -0.25) is 0 Å². The van der Waals surface area contributed by atoms with Crippen molar-refractivity contribution in [2.45, 2.75) is 123 Å². The lowest BCUT2D eigenvalue weighted by Gasteiger charge is -2.62. The average molecular weight is 473 g/mol. The van der Waals surface area contributed by atoms with Crippen LogP contribution in [0, 0.1) is 52.3 Å². The molecule has 0 radical (unpaired) electrons. The summed E-state index contributed by atoms with van der Waals surface area (Å²) >= 11 is 0. The third kappa shape index (κ3) is 4.19. The molecule has 4 aliphatic rings. The van der Waals surface area contributed by atoms with Crippen molar-refractivity contribution in [3.05, 3.63) is 0 Å². The van der Waals surface area contributed by atoms with Gasteiger partial charge in [0.15, 0.2) is 5.60 Å². The standard InChI is InChI=1S/C28H47F3O2/c1-17(2)24(32)11-6-18(3)21-9-10-22-20-8-7-19-16-27(33,28(29,30)31)15-14-25(19,4)23(20)12-13-26(21,22)5/h17-24,32-33H,6-16H2,1-5H3/t18-,19?,20+,21-,22+,23+,24?,25+,26-,27+/m1/s1. The van der Waals surface area contributed by atoms with Gasteiger partial charge in [0.05, 0.1) is 6.10 Å². The highest BCUT2D eigenvalue weighted by Crippen LogP contribution is 2.69. The van der Waals surface area contributed by atoms with Gasteiger partial charge in [-0.2, -0.15) is 13.2 Å². The lowest BCUT2D eigenvalue weighted by Crippen LogP contribution is -2.59. The Kier molecular flexibility index (Phi) is 6.78. The van der Waals surface area contributed by atoms with Gasteiger partial charge in [0.1, 0.15) is 0 Å². The zero-order chi connectivity index (χ0) is 24.4. The van der Waals surface area contributed by atoms with E-state index in [1.165, 1.54) is 19.3 Å². The van der Waals surface area contributed by atoms with Crippen molar-refractivity contribution in [1.29, 1.82) is 0 Å². The fraction of sp³-hybridized carbons (Fsp3) is 1.00. The molecule has 33 heavy (non-hydrogen) atoms. The Bertz CT molecular complexity index is 708. The molecular weight excluding hydrogens is 425 g/mol. The van der Waals surface area contributed by atoms with E-state index in [1.807, 2.05) is 0 Å². The summed E-state index contributed by atoms with van der Waals surface area (Å²) in [6, 6.07) is 0. The van der Waals surface area contributed by atoms with Crippen molar-refractivity contribution in [3.8, 4) is 0 Å². The molecule has 5 heteroatoms. The van der Waals surface area contributed by atoms with E-state index in [0.717, 1.165) is 32.1 Å². The van der Waals surface area contributed by atoms with Crippen LogP contribution in [0.2, 0.25) is 0 Å². The minimum Gasteiger partial charge on any atom is -0.393 e. The van der Waals surface area contributed by atoms with Gasteiger partial charge < -0.3 is 10.2 Å². The van der Waals surface area contributed by atoms with Gasteiger partial charge in [0.2, 0.25) is 0 Å². The molecule has 4 fully saturated rings. The van der Waals surface area contributed by atoms with Gasteiger partial charge in [-0.05, 0) is 123 Å². The Hall–Kier alpha value is -0.290. The van der Waals surface area contributed by atoms with Crippen LogP contribution in [-0.4, -0.2) is 28.1 Å². The van der Waals surface area contributed by atoms with E-state index in [-0.39, 0.29) is 30.3 Å². The van der Waals surface area contributed by atoms with Crippen LogP contribution in [-0.2, 0) is 0 Å². The molecule has 0 amide bonds. The number of aliphatic hydroxyl groups excluding tert-OH is 1. The lowest BCUT2D eigenvalue weighted by atomic mass is 9.43. The smallest absolute Gasteiger partial charge is 0.393 e. The van der Waals surface area contributed by atoms with Gasteiger partial charge in [0, 0.05) is 0 Å². The van der Waals surface area contributed by atoms with Crippen LogP contribution in [0.25, 0.3) is 0 Å². The largest absolute Gasteiger partial charge is 0.417 e. The summed E-state index contributed by atoms with van der Waals surface area (Å²) in [7, 11) is 0. The molecule has 4 aliphatic carbocycles. The van der Waals surface area contributed by atoms with Crippen LogP contribution >= 0.6 is 0 Å². The number of hydrogen-bond acceptors (Lipinski definition) is 2. The first-order valence-electron chi connectivity index (χ1n) is 13.7. The second kappa shape index (κ2) is 8.68. The predicted octanol–water partition coefficient (Wildman–Crippen LogP) is 7.37. The Morgan fingerprint density at radius 1 is 0.848 bits per heavy atom. The molecule has 192 valence electrons. The summed E-state index contributed by atoms with van der Waals surface area (Å²) in [4.78, 5) is 0. The molecule has 2 nitrogen and oxygen atoms in total. The monoisotopic (exact) mass is 472 g/mol. The molecule has 2 unspecified atom stereocenters. The molecule has 0 aromatic carbocycles. The minimum absolute atomic E-state index is 0.0166. The van der Waals surface area contributed by atoms with E-state index in [4.69, 9.17) is 0 Å². The zero-order valence-electron chi connectivity index (χ0n) is 21.4. The highest BCUT2D eigenvalue weighted by molar-refractivity contribution is 5.11. The van der Waals surface area contributed by atoms with Gasteiger partial charge in [-0.15, -0.1) is 0 Å². The molecule has 0 aromatic heterocycles. The van der Waals surface area contributed by atoms with Crippen molar-refractivity contribution in [2.24, 2.45) is 52.3 Å². The highest BCUT2D eigenvalue weighted by atomic mass is 19.4. The summed E-state index contributed by atoms with van der Waals surface area (Å²) < 4.78 is 40.7. The number of fused-ring (bicyclic) bond motifs is 5. The van der Waals surface area contributed by atoms with E-state index in [0.29, 0.717) is 47.3 Å². The second-order valence-electron chi connectivity index (χ2n) is 13.5. The maximum atomic E-state index is 13.6. The molecule has 0 aliphatic heterocycles. The van der Waals surface area contributed by atoms with Crippen molar-refractivity contribution in [3.63, 3.8) is 0 Å². The van der Waals surface area contributed by atoms with E-state index in [9.17, 15) is 23.4 Å². The summed E-state index contributed by atoms with van der Waals surface area (Å²) in [5, 5.41) is 20.7. The number of halogens is 3. The molecule has 4 rings (SSSR count). The molecule has 0 bridgehead atoms. The normalized spacial score (nSPS) is 47.5. The zero-order valence-corrected chi connectivity index (χ0v) is 21.4. The third-order valence-electron chi connectivity index (χ3n) is 11.7. The van der Waals surface area contributed by atoms with Crippen LogP contribution in [0.1, 0.15) is 105 Å². The molecular formula is C28H47F3O2. The van der Waals surface area contributed by atoms with Crippen LogP contribution in [0.3, 0.4) is 0 Å². The fourth-order valence-electron chi connectivity index (χ4n) is 9.45. The van der Waals surface area contributed by atoms with E-state index < -0.39 is 11.8 Å². The Labute approximate surface area is 199 Å². The highest BCUT2D eigenvalue weighted by Gasteiger charge is 2.65. The van der Waals surface area contributed by atoms with Crippen molar-refractivity contribution < 1.29 is 23.4 Å². The molecule has 0 aromatic rings. The van der Waals surface area contributed by atoms with Gasteiger partial charge in [0.25, 0.3) is 0 Å². The topological polar surface area (TPSA) is 40.5 Å². The summed E-state index contributed by atoms with van der Waals surface area (Å²) in [5.74, 6) is 3.39. The van der Waals surface area contributed by atoms with E-state index >= 15 is 0 Å². The van der Waals surface area contributed by atoms with Gasteiger partial charge in [-0.25, -0.2) is 0 Å². The number of hydrogen-bond donors (Lipinski definition) is 2. The maximum absolute atomic E-state index is 13.6. The lowest BCUT2D eigenvalue weighted by molar-refractivity contribution is -0.290. The number of rotatable bonds is 5. The molecule has 0 spiro atoms. The quantitative estimate of drug-likeness (QED) is 0.438. The first kappa shape index (κ1) is 25.8. The summed E-state index contributed by atoms with van der Waals surface area (Å²) in [6.45, 7) is 11.3. The van der Waals surface area contributed by atoms with E-state index in [2.05, 4.69) is 34.6 Å². The summed E-state index contributed by atoms with van der Waals surface area (Å²) in [5.41, 5.74) is -2.22. The Morgan fingerprint density at radius 3 is 2.15 bits per heavy atom. The third-order valence-corrected chi connectivity index (χ3v) is 11.7. The van der Waals surface area contributed by atoms with Gasteiger partial charge in [-0.1, -0.05) is 34.6 Å². The first-order chi connectivity index (χ1) is 15.2. The van der Waals surface area contributed by atoms with Crippen molar-refractivity contribution in [1.82, 2.24) is 0 Å². The number of aliphatic hydroxyl groups is 2. The Balaban J connectivity index is 1.47. The van der Waals surface area contributed by atoms with Crippen molar-refractivity contribution >= 4 is 0 Å². The van der Waals surface area contributed by atoms with Crippen LogP contribution in [0.4, 0.5) is 13.2 Å². The number of alkyl halides is 3. The molecule has 0 saturated heterocycles. The van der Waals surface area contributed by atoms with Crippen LogP contribution in [0.5, 0.6) is 0 Å². The SMILES string of the molecule is CC(C)C(O)CC[C@@H](C)[C@H]1CC[C@H]2[C@@H]3CCC4C[C@](O)(C(F)(F)F)CC[C@]4(C)[C@H]3CC[C@]12C. The maximum Gasteiger partial charge on any atom is 0.417 e. The molecule has 2 N–H and O–H groups in total. The second-order valence-corrected chi connectivity index (χ2v) is 13.5. The average Bonchev–Trinajstić information content (AvgIpc) is 3.08. The minimum atomic E-state index is -4.52. The van der Waals surface area contributed by atoms with Crippen LogP contribution in [0.15, 0.2) is 0 Å². The summed E-state index contributed by atoms with van der Waals surface area (Å²) in [6.07, 6.45) is 4.20. The Morgan fingerprint density at radius 2 is 1.52 bits per heavy atom. The first-order valence-corrected chi connectivity index (χ1v) is 13.7. The van der Waals surface area contributed by atoms with Crippen molar-refractivity contribution in [2.75, 3.05) is 0 Å². The van der Waals surface area contributed by atoms with Gasteiger partial charge >= 0.3 is 6.18 Å². The van der Waals surface area contributed by atoms with Crippen LogP contribution < -0.4 is 0 Å². The molecule has 0 heterocycles. The predicted molar refractivity (Wildman–Crippen MR) is 125 cm³/mol. The van der Waals surface area contributed by atoms with E-state index in [1.54, 1.807) is 0 Å².